The van der Waals surface area contributed by atoms with Crippen LogP contribution < -0.4 is 14.9 Å². The molecule has 1 saturated carbocycles. The Hall–Kier alpha value is -3.73. The lowest BCUT2D eigenvalue weighted by molar-refractivity contribution is -0.126. The summed E-state index contributed by atoms with van der Waals surface area (Å²) in [6.45, 7) is 6.11. The number of imidazole rings is 1. The Bertz CT molecular complexity index is 1660. The first-order valence-electron chi connectivity index (χ1n) is 15.2. The quantitative estimate of drug-likeness (QED) is 0.271. The van der Waals surface area contributed by atoms with E-state index in [-0.39, 0.29) is 28.8 Å². The number of aromatic amines is 1. The maximum atomic E-state index is 13.3. The lowest BCUT2D eigenvalue weighted by atomic mass is 9.85. The van der Waals surface area contributed by atoms with E-state index < -0.39 is 10.0 Å². The van der Waals surface area contributed by atoms with Crippen LogP contribution in [-0.2, 0) is 14.8 Å². The van der Waals surface area contributed by atoms with Crippen molar-refractivity contribution in [3.8, 4) is 11.4 Å². The molecule has 1 aliphatic heterocycles. The Morgan fingerprint density at radius 3 is 2.33 bits per heavy atom. The second-order valence-electron chi connectivity index (χ2n) is 11.9. The third kappa shape index (κ3) is 6.76. The van der Waals surface area contributed by atoms with Gasteiger partial charge in [-0.2, -0.15) is 0 Å². The van der Waals surface area contributed by atoms with Gasteiger partial charge in [0.25, 0.3) is 0 Å². The highest BCUT2D eigenvalue weighted by Gasteiger charge is 2.30. The van der Waals surface area contributed by atoms with E-state index in [0.717, 1.165) is 37.3 Å². The van der Waals surface area contributed by atoms with E-state index >= 15 is 0 Å². The number of carbonyl (C=O) groups is 1. The van der Waals surface area contributed by atoms with Crippen molar-refractivity contribution in [2.24, 2.45) is 5.92 Å². The fourth-order valence-electron chi connectivity index (χ4n) is 6.10. The zero-order chi connectivity index (χ0) is 30.0. The number of benzene rings is 3. The summed E-state index contributed by atoms with van der Waals surface area (Å²) in [7, 11) is -1.58. The van der Waals surface area contributed by atoms with Crippen molar-refractivity contribution in [1.29, 1.82) is 0 Å². The molecule has 0 bridgehead atoms. The largest absolute Gasteiger partial charge is 0.369 e. The van der Waals surface area contributed by atoms with Crippen molar-refractivity contribution < 1.29 is 13.2 Å². The van der Waals surface area contributed by atoms with Crippen LogP contribution >= 0.6 is 0 Å². The summed E-state index contributed by atoms with van der Waals surface area (Å²) in [4.78, 5) is 25.8. The van der Waals surface area contributed by atoms with E-state index in [1.54, 1.807) is 18.2 Å². The molecule has 0 radical (unpaired) electrons. The van der Waals surface area contributed by atoms with Crippen LogP contribution in [0, 0.1) is 5.92 Å². The number of fused-ring (bicyclic) bond motifs is 1. The molecule has 1 aromatic heterocycles. The van der Waals surface area contributed by atoms with Gasteiger partial charge in [0.05, 0.1) is 22.0 Å². The van der Waals surface area contributed by atoms with E-state index in [1.807, 2.05) is 37.3 Å². The number of H-pyrrole nitrogens is 1. The monoisotopic (exact) mass is 600 g/mol. The molecule has 43 heavy (non-hydrogen) atoms. The van der Waals surface area contributed by atoms with Crippen molar-refractivity contribution in [3.05, 3.63) is 78.4 Å². The first-order valence-corrected chi connectivity index (χ1v) is 16.6. The summed E-state index contributed by atoms with van der Waals surface area (Å²) in [6.07, 6.45) is 2.55. The molecule has 6 rings (SSSR count). The molecule has 0 unspecified atom stereocenters. The lowest BCUT2D eigenvalue weighted by Gasteiger charge is -2.34. The molecule has 1 atom stereocenters. The summed E-state index contributed by atoms with van der Waals surface area (Å²) >= 11 is 0. The van der Waals surface area contributed by atoms with Gasteiger partial charge in [0.1, 0.15) is 5.82 Å². The highest BCUT2D eigenvalue weighted by Crippen LogP contribution is 2.28. The zero-order valence-electron chi connectivity index (χ0n) is 24.8. The van der Waals surface area contributed by atoms with Crippen molar-refractivity contribution in [2.75, 3.05) is 38.1 Å². The summed E-state index contributed by atoms with van der Waals surface area (Å²) in [5.41, 5.74) is 4.61. The molecule has 3 N–H and O–H groups in total. The van der Waals surface area contributed by atoms with E-state index in [4.69, 9.17) is 4.98 Å². The van der Waals surface area contributed by atoms with Crippen LogP contribution in [0.5, 0.6) is 0 Å². The number of sulfonamides is 1. The molecule has 3 aromatic carbocycles. The molecule has 2 aliphatic rings. The Balaban J connectivity index is 1.06. The Morgan fingerprint density at radius 2 is 1.63 bits per heavy atom. The van der Waals surface area contributed by atoms with Crippen LogP contribution in [0.15, 0.2) is 77.7 Å². The number of rotatable bonds is 8. The van der Waals surface area contributed by atoms with Crippen molar-refractivity contribution in [2.45, 2.75) is 49.6 Å². The predicted molar refractivity (Wildman–Crippen MR) is 170 cm³/mol. The fourth-order valence-corrected chi connectivity index (χ4v) is 7.44. The van der Waals surface area contributed by atoms with Gasteiger partial charge in [0, 0.05) is 49.4 Å². The second kappa shape index (κ2) is 12.5. The number of carbonyl (C=O) groups excluding carboxylic acids is 1. The number of aromatic nitrogens is 2. The van der Waals surface area contributed by atoms with E-state index in [9.17, 15) is 13.2 Å². The van der Waals surface area contributed by atoms with Crippen molar-refractivity contribution in [1.82, 2.24) is 24.9 Å². The van der Waals surface area contributed by atoms with Gasteiger partial charge >= 0.3 is 0 Å². The molecule has 9 nitrogen and oxygen atoms in total. The molecule has 1 aliphatic carbocycles. The zero-order valence-corrected chi connectivity index (χ0v) is 25.6. The summed E-state index contributed by atoms with van der Waals surface area (Å²) in [5.74, 6) is 0.634. The molecule has 1 saturated heterocycles. The number of piperazine rings is 1. The van der Waals surface area contributed by atoms with Gasteiger partial charge in [-0.05, 0) is 87.7 Å². The summed E-state index contributed by atoms with van der Waals surface area (Å²) in [5, 5.41) is 3.11. The Labute approximate surface area is 253 Å². The van der Waals surface area contributed by atoms with Gasteiger partial charge in [0.2, 0.25) is 15.9 Å². The number of hydrogen-bond acceptors (Lipinski definition) is 6. The van der Waals surface area contributed by atoms with Crippen LogP contribution in [0.25, 0.3) is 22.4 Å². The van der Waals surface area contributed by atoms with Gasteiger partial charge in [0.15, 0.2) is 0 Å². The molecular formula is C33H40N6O3S. The molecule has 4 aromatic rings. The lowest BCUT2D eigenvalue weighted by Crippen LogP contribution is -2.44. The highest BCUT2D eigenvalue weighted by molar-refractivity contribution is 7.89. The second-order valence-corrected chi connectivity index (χ2v) is 13.6. The maximum Gasteiger partial charge on any atom is 0.240 e. The van der Waals surface area contributed by atoms with Gasteiger partial charge in [-0.25, -0.2) is 18.1 Å². The third-order valence-corrected chi connectivity index (χ3v) is 10.4. The van der Waals surface area contributed by atoms with Crippen molar-refractivity contribution in [3.63, 3.8) is 0 Å². The van der Waals surface area contributed by atoms with Crippen LogP contribution in [0.2, 0.25) is 0 Å². The number of amides is 1. The normalized spacial score (nSPS) is 20.7. The number of nitrogens with one attached hydrogen (secondary N) is 3. The van der Waals surface area contributed by atoms with Gasteiger partial charge < -0.3 is 20.1 Å². The Morgan fingerprint density at radius 1 is 0.930 bits per heavy atom. The third-order valence-electron chi connectivity index (χ3n) is 8.85. The minimum atomic E-state index is -3.73. The van der Waals surface area contributed by atoms with Gasteiger partial charge in [-0.15, -0.1) is 0 Å². The van der Waals surface area contributed by atoms with Gasteiger partial charge in [-0.1, -0.05) is 30.3 Å². The minimum absolute atomic E-state index is 0.0344. The highest BCUT2D eigenvalue weighted by atomic mass is 32.2. The Kier molecular flexibility index (Phi) is 8.52. The molecule has 10 heteroatoms. The van der Waals surface area contributed by atoms with E-state index in [1.165, 1.54) is 5.69 Å². The predicted octanol–water partition coefficient (Wildman–Crippen LogP) is 4.70. The van der Waals surface area contributed by atoms with Crippen LogP contribution in [0.4, 0.5) is 5.69 Å². The number of likely N-dealkylation sites (N-methyl/N-ethyl adjacent to an activating group) is 1. The van der Waals surface area contributed by atoms with Crippen molar-refractivity contribution >= 4 is 32.7 Å². The van der Waals surface area contributed by atoms with Crippen LogP contribution in [-0.4, -0.2) is 68.5 Å². The molecule has 2 fully saturated rings. The first kappa shape index (κ1) is 29.3. The number of anilines is 1. The van der Waals surface area contributed by atoms with Crippen LogP contribution in [0.3, 0.4) is 0 Å². The molecule has 0 spiro atoms. The number of hydrogen-bond donors (Lipinski definition) is 3. The van der Waals surface area contributed by atoms with Gasteiger partial charge in [-0.3, -0.25) is 4.79 Å². The average Bonchev–Trinajstić information content (AvgIpc) is 3.46. The molecule has 2 heterocycles. The molecule has 226 valence electrons. The van der Waals surface area contributed by atoms with E-state index in [0.29, 0.717) is 42.5 Å². The fraction of sp³-hybridized carbons (Fsp3) is 0.394. The van der Waals surface area contributed by atoms with Crippen LogP contribution in [0.1, 0.15) is 44.2 Å². The minimum Gasteiger partial charge on any atom is -0.369 e. The SMILES string of the molecule is C[C@@H](NC(=O)C1CCC(NS(=O)(=O)c2ccc3nc(-c4ccc(N5CCN(C)CC5)cc4)[nH]c3c2)CC1)c1ccccc1. The summed E-state index contributed by atoms with van der Waals surface area (Å²) < 4.78 is 29.5. The maximum absolute atomic E-state index is 13.3. The van der Waals surface area contributed by atoms with E-state index in [2.05, 4.69) is 56.1 Å². The number of nitrogens with zero attached hydrogens (tertiary/aromatic N) is 3. The standard InChI is InChI=1S/C33H40N6O3S/c1-23(24-6-4-3-5-7-24)34-33(40)26-8-12-27(13-9-26)37-43(41,42)29-16-17-30-31(22-29)36-32(35-30)25-10-14-28(15-11-25)39-20-18-38(2)19-21-39/h3-7,10-11,14-17,22-23,26-27,37H,8-9,12-13,18-21H2,1-2H3,(H,34,40)(H,35,36)/t23-,26?,27?/m1/s1. The molecule has 1 amide bonds. The molecular weight excluding hydrogens is 560 g/mol. The smallest absolute Gasteiger partial charge is 0.240 e. The topological polar surface area (TPSA) is 110 Å². The first-order chi connectivity index (χ1) is 20.7. The average molecular weight is 601 g/mol. The summed E-state index contributed by atoms with van der Waals surface area (Å²) in [6, 6.07) is 23.0.